The van der Waals surface area contributed by atoms with Crippen LogP contribution in [0.15, 0.2) is 18.2 Å². The Hall–Kier alpha value is -1.88. The number of hydrogen-bond acceptors (Lipinski definition) is 2. The van der Waals surface area contributed by atoms with Crippen LogP contribution < -0.4 is 4.90 Å². The van der Waals surface area contributed by atoms with Crippen LogP contribution in [0.3, 0.4) is 0 Å². The van der Waals surface area contributed by atoms with Crippen LogP contribution in [0, 0.1) is 12.7 Å². The maximum Gasteiger partial charge on any atom is 0.411 e. The standard InChI is InChI=1S/C13H12ClFN2O2/c1-3-17(13(18)19)10-6-8-9(15)5-4-7(2)11(8)16-12(10)14/h4-6H,3H2,1-2H3,(H,18,19). The zero-order valence-corrected chi connectivity index (χ0v) is 11.2. The van der Waals surface area contributed by atoms with E-state index in [1.165, 1.54) is 12.1 Å². The summed E-state index contributed by atoms with van der Waals surface area (Å²) in [6.45, 7) is 3.66. The summed E-state index contributed by atoms with van der Waals surface area (Å²) in [6, 6.07) is 4.36. The Kier molecular flexibility index (Phi) is 3.57. The number of rotatable bonds is 2. The van der Waals surface area contributed by atoms with Gasteiger partial charge in [-0.15, -0.1) is 0 Å². The number of nitrogens with zero attached hydrogens (tertiary/aromatic N) is 2. The highest BCUT2D eigenvalue weighted by atomic mass is 35.5. The number of halogens is 2. The van der Waals surface area contributed by atoms with Gasteiger partial charge in [0.2, 0.25) is 0 Å². The van der Waals surface area contributed by atoms with E-state index in [-0.39, 0.29) is 22.8 Å². The first kappa shape index (κ1) is 13.5. The van der Waals surface area contributed by atoms with Crippen molar-refractivity contribution in [3.05, 3.63) is 34.7 Å². The number of fused-ring (bicyclic) bond motifs is 1. The molecule has 1 heterocycles. The molecule has 0 aliphatic rings. The Labute approximate surface area is 114 Å². The minimum absolute atomic E-state index is 0.0467. The van der Waals surface area contributed by atoms with E-state index in [1.807, 2.05) is 0 Å². The number of benzene rings is 1. The highest BCUT2D eigenvalue weighted by molar-refractivity contribution is 6.33. The summed E-state index contributed by atoms with van der Waals surface area (Å²) in [6.07, 6.45) is -1.15. The first-order chi connectivity index (χ1) is 8.95. The second-order valence-corrected chi connectivity index (χ2v) is 4.44. The van der Waals surface area contributed by atoms with E-state index < -0.39 is 11.9 Å². The second-order valence-electron chi connectivity index (χ2n) is 4.09. The molecule has 100 valence electrons. The van der Waals surface area contributed by atoms with E-state index in [0.29, 0.717) is 5.52 Å². The fraction of sp³-hybridized carbons (Fsp3) is 0.231. The summed E-state index contributed by atoms with van der Waals surface area (Å²) >= 11 is 6.01. The van der Waals surface area contributed by atoms with Gasteiger partial charge < -0.3 is 5.11 Å². The zero-order valence-electron chi connectivity index (χ0n) is 10.4. The summed E-state index contributed by atoms with van der Waals surface area (Å²) in [5.74, 6) is -0.451. The molecule has 0 bridgehead atoms. The summed E-state index contributed by atoms with van der Waals surface area (Å²) in [7, 11) is 0. The molecule has 2 aromatic rings. The Morgan fingerprint density at radius 1 is 1.53 bits per heavy atom. The third-order valence-corrected chi connectivity index (χ3v) is 3.18. The van der Waals surface area contributed by atoms with Crippen LogP contribution in [0.25, 0.3) is 10.9 Å². The quantitative estimate of drug-likeness (QED) is 0.852. The number of amides is 1. The Balaban J connectivity index is 2.74. The molecular formula is C13H12ClFN2O2. The molecule has 1 N–H and O–H groups in total. The summed E-state index contributed by atoms with van der Waals surface area (Å²) < 4.78 is 13.8. The van der Waals surface area contributed by atoms with Crippen LogP contribution in [-0.4, -0.2) is 22.7 Å². The fourth-order valence-electron chi connectivity index (χ4n) is 1.93. The molecule has 19 heavy (non-hydrogen) atoms. The normalized spacial score (nSPS) is 10.7. The molecule has 2 rings (SSSR count). The van der Waals surface area contributed by atoms with Crippen molar-refractivity contribution in [2.75, 3.05) is 11.4 Å². The van der Waals surface area contributed by atoms with Gasteiger partial charge in [0.25, 0.3) is 0 Å². The van der Waals surface area contributed by atoms with Crippen molar-refractivity contribution in [3.63, 3.8) is 0 Å². The van der Waals surface area contributed by atoms with E-state index in [1.54, 1.807) is 19.9 Å². The van der Waals surface area contributed by atoms with Crippen LogP contribution in [-0.2, 0) is 0 Å². The smallest absolute Gasteiger partial charge is 0.411 e. The third kappa shape index (κ3) is 2.33. The first-order valence-corrected chi connectivity index (χ1v) is 6.09. The van der Waals surface area contributed by atoms with Crippen molar-refractivity contribution in [2.24, 2.45) is 0 Å². The van der Waals surface area contributed by atoms with Crippen molar-refractivity contribution in [1.29, 1.82) is 0 Å². The molecule has 0 saturated carbocycles. The number of carbonyl (C=O) groups is 1. The molecule has 1 aromatic carbocycles. The van der Waals surface area contributed by atoms with Gasteiger partial charge in [0.05, 0.1) is 11.2 Å². The van der Waals surface area contributed by atoms with Gasteiger partial charge >= 0.3 is 6.09 Å². The van der Waals surface area contributed by atoms with Crippen molar-refractivity contribution >= 4 is 34.3 Å². The monoisotopic (exact) mass is 282 g/mol. The molecule has 0 unspecified atom stereocenters. The summed E-state index contributed by atoms with van der Waals surface area (Å²) in [4.78, 5) is 16.2. The van der Waals surface area contributed by atoms with Gasteiger partial charge in [-0.05, 0) is 31.5 Å². The average Bonchev–Trinajstić information content (AvgIpc) is 2.36. The number of pyridine rings is 1. The predicted octanol–water partition coefficient (Wildman–Crippen LogP) is 3.84. The van der Waals surface area contributed by atoms with Crippen molar-refractivity contribution in [3.8, 4) is 0 Å². The Bertz CT molecular complexity index is 661. The SMILES string of the molecule is CCN(C(=O)O)c1cc2c(F)ccc(C)c2nc1Cl. The van der Waals surface area contributed by atoms with E-state index in [0.717, 1.165) is 10.5 Å². The largest absolute Gasteiger partial charge is 0.465 e. The highest BCUT2D eigenvalue weighted by Gasteiger charge is 2.18. The van der Waals surface area contributed by atoms with Gasteiger partial charge in [0, 0.05) is 11.9 Å². The van der Waals surface area contributed by atoms with Gasteiger partial charge in [-0.2, -0.15) is 0 Å². The van der Waals surface area contributed by atoms with Crippen molar-refractivity contribution < 1.29 is 14.3 Å². The highest BCUT2D eigenvalue weighted by Crippen LogP contribution is 2.30. The number of anilines is 1. The van der Waals surface area contributed by atoms with Crippen LogP contribution in [0.4, 0.5) is 14.9 Å². The van der Waals surface area contributed by atoms with Gasteiger partial charge in [-0.1, -0.05) is 17.7 Å². The van der Waals surface area contributed by atoms with Crippen LogP contribution in [0.5, 0.6) is 0 Å². The molecule has 1 aromatic heterocycles. The molecule has 0 aliphatic heterocycles. The molecular weight excluding hydrogens is 271 g/mol. The lowest BCUT2D eigenvalue weighted by molar-refractivity contribution is 0.202. The number of aryl methyl sites for hydroxylation is 1. The minimum Gasteiger partial charge on any atom is -0.465 e. The maximum absolute atomic E-state index is 13.8. The Morgan fingerprint density at radius 3 is 2.79 bits per heavy atom. The number of hydrogen-bond donors (Lipinski definition) is 1. The summed E-state index contributed by atoms with van der Waals surface area (Å²) in [5, 5.41) is 9.40. The average molecular weight is 283 g/mol. The Morgan fingerprint density at radius 2 is 2.21 bits per heavy atom. The third-order valence-electron chi connectivity index (χ3n) is 2.91. The van der Waals surface area contributed by atoms with Gasteiger partial charge in [0.1, 0.15) is 5.82 Å². The van der Waals surface area contributed by atoms with E-state index in [2.05, 4.69) is 4.98 Å². The van der Waals surface area contributed by atoms with Crippen LogP contribution >= 0.6 is 11.6 Å². The van der Waals surface area contributed by atoms with E-state index in [9.17, 15) is 9.18 Å². The lowest BCUT2D eigenvalue weighted by Gasteiger charge is -2.18. The van der Waals surface area contributed by atoms with Gasteiger partial charge in [0.15, 0.2) is 5.15 Å². The lowest BCUT2D eigenvalue weighted by Crippen LogP contribution is -2.29. The van der Waals surface area contributed by atoms with E-state index in [4.69, 9.17) is 16.7 Å². The van der Waals surface area contributed by atoms with Crippen molar-refractivity contribution in [2.45, 2.75) is 13.8 Å². The molecule has 1 amide bonds. The second kappa shape index (κ2) is 5.01. The molecule has 6 heteroatoms. The van der Waals surface area contributed by atoms with Crippen molar-refractivity contribution in [1.82, 2.24) is 4.98 Å². The van der Waals surface area contributed by atoms with Gasteiger partial charge in [-0.3, -0.25) is 4.90 Å². The molecule has 0 radical (unpaired) electrons. The molecule has 0 atom stereocenters. The maximum atomic E-state index is 13.8. The molecule has 0 fully saturated rings. The van der Waals surface area contributed by atoms with Gasteiger partial charge in [-0.25, -0.2) is 14.2 Å². The van der Waals surface area contributed by atoms with E-state index >= 15 is 0 Å². The number of aromatic nitrogens is 1. The molecule has 4 nitrogen and oxygen atoms in total. The molecule has 0 aliphatic carbocycles. The summed E-state index contributed by atoms with van der Waals surface area (Å²) in [5.41, 5.74) is 1.41. The predicted molar refractivity (Wildman–Crippen MR) is 72.5 cm³/mol. The lowest BCUT2D eigenvalue weighted by atomic mass is 10.1. The fourth-order valence-corrected chi connectivity index (χ4v) is 2.17. The number of carboxylic acid groups (broad SMARTS) is 1. The van der Waals surface area contributed by atoms with Crippen LogP contribution in [0.2, 0.25) is 5.15 Å². The zero-order chi connectivity index (χ0) is 14.2. The molecule has 0 spiro atoms. The molecule has 0 saturated heterocycles. The first-order valence-electron chi connectivity index (χ1n) is 5.71. The topological polar surface area (TPSA) is 53.4 Å². The minimum atomic E-state index is -1.15. The van der Waals surface area contributed by atoms with Crippen LogP contribution in [0.1, 0.15) is 12.5 Å².